The van der Waals surface area contributed by atoms with Crippen LogP contribution < -0.4 is 10.6 Å². The summed E-state index contributed by atoms with van der Waals surface area (Å²) in [6.07, 6.45) is 5.15. The Labute approximate surface area is 198 Å². The van der Waals surface area contributed by atoms with Gasteiger partial charge in [-0.1, -0.05) is 26.0 Å². The molecule has 0 bridgehead atoms. The molecule has 3 N–H and O–H groups in total. The molecular weight excluding hydrogens is 434 g/mol. The molecule has 0 saturated carbocycles. The van der Waals surface area contributed by atoms with Gasteiger partial charge in [-0.2, -0.15) is 5.10 Å². The summed E-state index contributed by atoms with van der Waals surface area (Å²) in [7, 11) is 0. The number of aromatic nitrogens is 3. The number of rotatable bonds is 9. The highest BCUT2D eigenvalue weighted by Crippen LogP contribution is 2.26. The van der Waals surface area contributed by atoms with Gasteiger partial charge in [-0.3, -0.25) is 14.7 Å². The molecule has 0 aliphatic carbocycles. The number of carbonyl (C=O) groups is 2. The third kappa shape index (κ3) is 5.36. The molecule has 34 heavy (non-hydrogen) atoms. The minimum atomic E-state index is -0.274. The predicted molar refractivity (Wildman–Crippen MR) is 127 cm³/mol. The predicted octanol–water partition coefficient (Wildman–Crippen LogP) is 3.95. The monoisotopic (exact) mass is 465 g/mol. The van der Waals surface area contributed by atoms with E-state index in [0.29, 0.717) is 22.8 Å². The normalized spacial score (nSPS) is 16.5. The maximum Gasteiger partial charge on any atom is 0.288 e. The van der Waals surface area contributed by atoms with E-state index in [1.165, 1.54) is 6.20 Å². The van der Waals surface area contributed by atoms with Crippen LogP contribution in [0.15, 0.2) is 40.9 Å². The molecule has 1 aromatic carbocycles. The van der Waals surface area contributed by atoms with Gasteiger partial charge in [0.25, 0.3) is 11.8 Å². The average molecular weight is 466 g/mol. The van der Waals surface area contributed by atoms with Crippen molar-refractivity contribution in [2.45, 2.75) is 64.6 Å². The van der Waals surface area contributed by atoms with Gasteiger partial charge >= 0.3 is 0 Å². The summed E-state index contributed by atoms with van der Waals surface area (Å²) in [6, 6.07) is 9.19. The van der Waals surface area contributed by atoms with Crippen LogP contribution in [0.25, 0.3) is 22.7 Å². The fourth-order valence-corrected chi connectivity index (χ4v) is 4.03. The van der Waals surface area contributed by atoms with E-state index in [9.17, 15) is 9.59 Å². The van der Waals surface area contributed by atoms with Crippen LogP contribution in [0.4, 0.5) is 0 Å². The van der Waals surface area contributed by atoms with Crippen LogP contribution in [0.1, 0.15) is 67.5 Å². The molecule has 2 aromatic heterocycles. The summed E-state index contributed by atoms with van der Waals surface area (Å²) in [6.45, 7) is 6.75. The van der Waals surface area contributed by atoms with Crippen LogP contribution in [0, 0.1) is 0 Å². The van der Waals surface area contributed by atoms with Crippen LogP contribution in [0.5, 0.6) is 0 Å². The summed E-state index contributed by atoms with van der Waals surface area (Å²) in [5.41, 5.74) is 2.50. The number of hydrogen-bond acceptors (Lipinski definition) is 6. The zero-order valence-electron chi connectivity index (χ0n) is 19.8. The maximum absolute atomic E-state index is 12.6. The van der Waals surface area contributed by atoms with Crippen molar-refractivity contribution in [2.75, 3.05) is 6.61 Å². The summed E-state index contributed by atoms with van der Waals surface area (Å²) in [5.74, 6) is 0.0179. The lowest BCUT2D eigenvalue weighted by Crippen LogP contribution is -2.40. The van der Waals surface area contributed by atoms with Crippen molar-refractivity contribution in [2.24, 2.45) is 0 Å². The second kappa shape index (κ2) is 10.6. The van der Waals surface area contributed by atoms with E-state index in [1.54, 1.807) is 6.07 Å². The highest BCUT2D eigenvalue weighted by molar-refractivity contribution is 5.93. The number of benzene rings is 1. The Morgan fingerprint density at radius 1 is 1.15 bits per heavy atom. The minimum Gasteiger partial charge on any atom is -0.431 e. The van der Waals surface area contributed by atoms with E-state index in [2.05, 4.69) is 25.8 Å². The number of oxazole rings is 1. The highest BCUT2D eigenvalue weighted by Gasteiger charge is 2.24. The first-order valence-corrected chi connectivity index (χ1v) is 11.8. The molecule has 1 fully saturated rings. The standard InChI is InChI=1S/C25H31N5O4/c1-4-18(5-2)28-24(32)22-14-26-25(34-22)17-9-6-8-16(12-17)19-13-20(30-29-19)23(31)27-15(3)21-10-7-11-33-21/h6,8-9,12-15,18,21H,4-5,7,10-11H2,1-3H3,(H,27,31)(H,28,32)(H,29,30)/t15-,21?/m0/s1. The fourth-order valence-electron chi connectivity index (χ4n) is 4.03. The van der Waals surface area contributed by atoms with Crippen LogP contribution in [-0.2, 0) is 4.74 Å². The number of amides is 2. The lowest BCUT2D eigenvalue weighted by Gasteiger charge is -2.19. The summed E-state index contributed by atoms with van der Waals surface area (Å²) in [5, 5.41) is 13.0. The molecule has 9 nitrogen and oxygen atoms in total. The van der Waals surface area contributed by atoms with E-state index in [0.717, 1.165) is 37.9 Å². The van der Waals surface area contributed by atoms with Crippen LogP contribution in [0.3, 0.4) is 0 Å². The second-order valence-corrected chi connectivity index (χ2v) is 8.58. The molecule has 0 radical (unpaired) electrons. The van der Waals surface area contributed by atoms with E-state index in [1.807, 2.05) is 45.0 Å². The third-order valence-electron chi connectivity index (χ3n) is 6.16. The van der Waals surface area contributed by atoms with Gasteiger partial charge in [0.15, 0.2) is 0 Å². The number of aromatic amines is 1. The average Bonchev–Trinajstić information content (AvgIpc) is 3.64. The van der Waals surface area contributed by atoms with Gasteiger partial charge < -0.3 is 19.8 Å². The first-order chi connectivity index (χ1) is 16.5. The molecule has 180 valence electrons. The van der Waals surface area contributed by atoms with E-state index in [-0.39, 0.29) is 35.8 Å². The van der Waals surface area contributed by atoms with E-state index >= 15 is 0 Å². The first-order valence-electron chi connectivity index (χ1n) is 11.8. The Morgan fingerprint density at radius 2 is 1.94 bits per heavy atom. The number of H-pyrrole nitrogens is 1. The Hall–Kier alpha value is -3.46. The molecule has 2 atom stereocenters. The quantitative estimate of drug-likeness (QED) is 0.440. The summed E-state index contributed by atoms with van der Waals surface area (Å²) >= 11 is 0. The molecule has 9 heteroatoms. The molecule has 3 heterocycles. The van der Waals surface area contributed by atoms with Crippen molar-refractivity contribution in [1.82, 2.24) is 25.8 Å². The molecule has 0 spiro atoms. The van der Waals surface area contributed by atoms with Crippen molar-refractivity contribution < 1.29 is 18.7 Å². The number of nitrogens with one attached hydrogen (secondary N) is 3. The Morgan fingerprint density at radius 3 is 2.68 bits per heavy atom. The zero-order valence-corrected chi connectivity index (χ0v) is 19.8. The van der Waals surface area contributed by atoms with Gasteiger partial charge in [0.1, 0.15) is 5.69 Å². The van der Waals surface area contributed by atoms with Crippen molar-refractivity contribution >= 4 is 11.8 Å². The van der Waals surface area contributed by atoms with E-state index in [4.69, 9.17) is 9.15 Å². The molecule has 2 amide bonds. The van der Waals surface area contributed by atoms with Crippen molar-refractivity contribution in [3.63, 3.8) is 0 Å². The Kier molecular flexibility index (Phi) is 7.42. The molecular formula is C25H31N5O4. The van der Waals surface area contributed by atoms with Gasteiger partial charge in [-0.15, -0.1) is 0 Å². The lowest BCUT2D eigenvalue weighted by atomic mass is 10.1. The SMILES string of the molecule is CCC(CC)NC(=O)c1cnc(-c2cccc(-c3cc(C(=O)N[C@@H](C)C4CCCO4)[nH]n3)c2)o1. The molecule has 1 unspecified atom stereocenters. The van der Waals surface area contributed by atoms with Gasteiger partial charge in [0.05, 0.1) is 24.0 Å². The largest absolute Gasteiger partial charge is 0.431 e. The van der Waals surface area contributed by atoms with Crippen molar-refractivity contribution in [3.05, 3.63) is 48.0 Å². The highest BCUT2D eigenvalue weighted by atomic mass is 16.5. The zero-order chi connectivity index (χ0) is 24.1. The summed E-state index contributed by atoms with van der Waals surface area (Å²) in [4.78, 5) is 29.3. The van der Waals surface area contributed by atoms with E-state index < -0.39 is 0 Å². The molecule has 1 saturated heterocycles. The van der Waals surface area contributed by atoms with Crippen molar-refractivity contribution in [3.8, 4) is 22.7 Å². The van der Waals surface area contributed by atoms with Gasteiger partial charge in [-0.25, -0.2) is 4.98 Å². The van der Waals surface area contributed by atoms with Gasteiger partial charge in [0, 0.05) is 23.8 Å². The van der Waals surface area contributed by atoms with Crippen LogP contribution in [-0.4, -0.2) is 51.8 Å². The smallest absolute Gasteiger partial charge is 0.288 e. The second-order valence-electron chi connectivity index (χ2n) is 8.58. The Bertz CT molecular complexity index is 1130. The number of nitrogens with zero attached hydrogens (tertiary/aromatic N) is 2. The number of carbonyl (C=O) groups excluding carboxylic acids is 2. The lowest BCUT2D eigenvalue weighted by molar-refractivity contribution is 0.0709. The van der Waals surface area contributed by atoms with Crippen LogP contribution >= 0.6 is 0 Å². The summed E-state index contributed by atoms with van der Waals surface area (Å²) < 4.78 is 11.4. The van der Waals surface area contributed by atoms with Gasteiger partial charge in [0.2, 0.25) is 11.7 Å². The van der Waals surface area contributed by atoms with Gasteiger partial charge in [-0.05, 0) is 50.8 Å². The Balaban J connectivity index is 1.45. The third-order valence-corrected chi connectivity index (χ3v) is 6.16. The molecule has 1 aliphatic rings. The number of ether oxygens (including phenoxy) is 1. The maximum atomic E-state index is 12.6. The number of hydrogen-bond donors (Lipinski definition) is 3. The van der Waals surface area contributed by atoms with Crippen molar-refractivity contribution in [1.29, 1.82) is 0 Å². The topological polar surface area (TPSA) is 122 Å². The molecule has 3 aromatic rings. The first kappa shape index (κ1) is 23.7. The molecule has 1 aliphatic heterocycles. The molecule has 4 rings (SSSR count). The van der Waals surface area contributed by atoms with Crippen LogP contribution in [0.2, 0.25) is 0 Å². The fraction of sp³-hybridized carbons (Fsp3) is 0.440. The minimum absolute atomic E-state index is 0.0469.